The summed E-state index contributed by atoms with van der Waals surface area (Å²) in [4.78, 5) is 0.289. The molecule has 4 N–H and O–H groups in total. The molecule has 0 spiro atoms. The lowest BCUT2D eigenvalue weighted by molar-refractivity contribution is 0.414. The van der Waals surface area contributed by atoms with Crippen LogP contribution in [0.5, 0.6) is 5.75 Å². The molecule has 0 saturated heterocycles. The minimum Gasteiger partial charge on any atom is -0.497 e. The highest BCUT2D eigenvalue weighted by Crippen LogP contribution is 2.55. The summed E-state index contributed by atoms with van der Waals surface area (Å²) in [5.41, 5.74) is 13.1. The zero-order valence-corrected chi connectivity index (χ0v) is 14.6. The Labute approximate surface area is 142 Å². The maximum absolute atomic E-state index is 13.0. The Hall–Kier alpha value is -1.89. The van der Waals surface area contributed by atoms with E-state index in [4.69, 9.17) is 16.2 Å². The average molecular weight is 346 g/mol. The number of benzene rings is 2. The summed E-state index contributed by atoms with van der Waals surface area (Å²) in [5, 5.41) is -0.717. The third kappa shape index (κ3) is 2.60. The molecule has 0 bridgehead atoms. The van der Waals surface area contributed by atoms with Gasteiger partial charge in [0.2, 0.25) is 0 Å². The second-order valence-corrected chi connectivity index (χ2v) is 8.42. The summed E-state index contributed by atoms with van der Waals surface area (Å²) in [7, 11) is -1.96. The van der Waals surface area contributed by atoms with E-state index >= 15 is 0 Å². The SMILES string of the molecule is COc1ccc([C@@H]2[C@@H](S(=O)(=O)c3ccc(C)cc3)[C@@]2(N)CN)cc1. The molecule has 0 aromatic heterocycles. The predicted octanol–water partition coefficient (Wildman–Crippen LogP) is 1.60. The fourth-order valence-electron chi connectivity index (χ4n) is 3.30. The molecule has 2 aromatic carbocycles. The molecule has 5 nitrogen and oxygen atoms in total. The molecular weight excluding hydrogens is 324 g/mol. The summed E-state index contributed by atoms with van der Waals surface area (Å²) in [6.45, 7) is 2.03. The molecular formula is C18H22N2O3S. The third-order valence-corrected chi connectivity index (χ3v) is 7.12. The van der Waals surface area contributed by atoms with Crippen LogP contribution in [0.15, 0.2) is 53.4 Å². The maximum atomic E-state index is 13.0. The van der Waals surface area contributed by atoms with Gasteiger partial charge in [0.05, 0.1) is 22.8 Å². The number of rotatable bonds is 5. The zero-order chi connectivity index (χ0) is 17.5. The number of sulfone groups is 1. The van der Waals surface area contributed by atoms with Crippen LogP contribution in [0.3, 0.4) is 0 Å². The van der Waals surface area contributed by atoms with Crippen LogP contribution in [-0.2, 0) is 9.84 Å². The number of hydrogen-bond donors (Lipinski definition) is 2. The highest BCUT2D eigenvalue weighted by Gasteiger charge is 2.68. The highest BCUT2D eigenvalue weighted by molar-refractivity contribution is 7.92. The molecule has 1 aliphatic carbocycles. The summed E-state index contributed by atoms with van der Waals surface area (Å²) < 4.78 is 31.2. The quantitative estimate of drug-likeness (QED) is 0.857. The predicted molar refractivity (Wildman–Crippen MR) is 93.9 cm³/mol. The summed E-state index contributed by atoms with van der Waals surface area (Å²) in [6, 6.07) is 14.2. The molecule has 0 radical (unpaired) electrons. The Balaban J connectivity index is 1.98. The number of nitrogens with two attached hydrogens (primary N) is 2. The van der Waals surface area contributed by atoms with Gasteiger partial charge in [-0.25, -0.2) is 8.42 Å². The molecule has 2 aromatic rings. The molecule has 0 amide bonds. The number of ether oxygens (including phenoxy) is 1. The fourth-order valence-corrected chi connectivity index (χ4v) is 5.62. The van der Waals surface area contributed by atoms with Crippen molar-refractivity contribution >= 4 is 9.84 Å². The van der Waals surface area contributed by atoms with Gasteiger partial charge < -0.3 is 16.2 Å². The van der Waals surface area contributed by atoms with Gasteiger partial charge in [-0.15, -0.1) is 0 Å². The lowest BCUT2D eigenvalue weighted by Gasteiger charge is -2.09. The molecule has 3 rings (SSSR count). The molecule has 1 saturated carbocycles. The Morgan fingerprint density at radius 3 is 2.17 bits per heavy atom. The van der Waals surface area contributed by atoms with Crippen LogP contribution in [0.1, 0.15) is 17.0 Å². The van der Waals surface area contributed by atoms with E-state index in [-0.39, 0.29) is 17.4 Å². The number of hydrogen-bond acceptors (Lipinski definition) is 5. The van der Waals surface area contributed by atoms with Gasteiger partial charge in [0.1, 0.15) is 5.75 Å². The van der Waals surface area contributed by atoms with Crippen molar-refractivity contribution in [3.8, 4) is 5.75 Å². The van der Waals surface area contributed by atoms with Crippen molar-refractivity contribution in [1.82, 2.24) is 0 Å². The van der Waals surface area contributed by atoms with E-state index in [1.165, 1.54) is 0 Å². The van der Waals surface area contributed by atoms with Gasteiger partial charge in [-0.3, -0.25) is 0 Å². The average Bonchev–Trinajstić information content (AvgIpc) is 3.23. The van der Waals surface area contributed by atoms with Crippen molar-refractivity contribution in [2.45, 2.75) is 28.5 Å². The van der Waals surface area contributed by atoms with E-state index in [1.807, 2.05) is 19.1 Å². The first-order chi connectivity index (χ1) is 11.3. The summed E-state index contributed by atoms with van der Waals surface area (Å²) in [5.74, 6) is 0.396. The van der Waals surface area contributed by atoms with Crippen LogP contribution in [0, 0.1) is 6.92 Å². The maximum Gasteiger partial charge on any atom is 0.183 e. The minimum absolute atomic E-state index is 0.111. The molecule has 1 fully saturated rings. The highest BCUT2D eigenvalue weighted by atomic mass is 32.2. The van der Waals surface area contributed by atoms with Gasteiger partial charge in [-0.1, -0.05) is 29.8 Å². The van der Waals surface area contributed by atoms with Crippen LogP contribution in [0.2, 0.25) is 0 Å². The van der Waals surface area contributed by atoms with Crippen LogP contribution in [0.25, 0.3) is 0 Å². The van der Waals surface area contributed by atoms with E-state index in [2.05, 4.69) is 0 Å². The Morgan fingerprint density at radius 1 is 1.08 bits per heavy atom. The molecule has 1 aliphatic rings. The standard InChI is InChI=1S/C18H22N2O3S/c1-12-3-9-15(10-4-12)24(21,22)17-16(18(17,20)11-19)13-5-7-14(23-2)8-6-13/h3-10,16-17H,11,19-20H2,1-2H3/t16-,17-,18-/m1/s1. The molecule has 24 heavy (non-hydrogen) atoms. The first-order valence-electron chi connectivity index (χ1n) is 7.78. The first-order valence-corrected chi connectivity index (χ1v) is 9.32. The number of aryl methyl sites for hydroxylation is 1. The Bertz CT molecular complexity index is 832. The third-order valence-electron chi connectivity index (χ3n) is 4.81. The van der Waals surface area contributed by atoms with Crippen molar-refractivity contribution in [3.05, 3.63) is 59.7 Å². The molecule has 128 valence electrons. The molecule has 0 heterocycles. The lowest BCUT2D eigenvalue weighted by atomic mass is 10.1. The first kappa shape index (κ1) is 17.0. The number of methoxy groups -OCH3 is 1. The van der Waals surface area contributed by atoms with Crippen LogP contribution in [-0.4, -0.2) is 32.9 Å². The molecule has 0 unspecified atom stereocenters. The second kappa shape index (κ2) is 5.88. The van der Waals surface area contributed by atoms with E-state index in [9.17, 15) is 8.42 Å². The topological polar surface area (TPSA) is 95.4 Å². The van der Waals surface area contributed by atoms with Gasteiger partial charge in [-0.05, 0) is 36.8 Å². The minimum atomic E-state index is -3.55. The van der Waals surface area contributed by atoms with Crippen molar-refractivity contribution in [1.29, 1.82) is 0 Å². The van der Waals surface area contributed by atoms with Crippen molar-refractivity contribution in [2.24, 2.45) is 11.5 Å². The largest absolute Gasteiger partial charge is 0.497 e. The van der Waals surface area contributed by atoms with Gasteiger partial charge >= 0.3 is 0 Å². The second-order valence-electron chi connectivity index (χ2n) is 6.35. The normalized spacial score (nSPS) is 26.2. The van der Waals surface area contributed by atoms with Crippen molar-refractivity contribution < 1.29 is 13.2 Å². The van der Waals surface area contributed by atoms with Gasteiger partial charge in [0.25, 0.3) is 0 Å². The van der Waals surface area contributed by atoms with E-state index < -0.39 is 20.6 Å². The smallest absolute Gasteiger partial charge is 0.183 e. The Kier molecular flexibility index (Phi) is 4.15. The van der Waals surface area contributed by atoms with Gasteiger partial charge in [0.15, 0.2) is 9.84 Å². The summed E-state index contributed by atoms with van der Waals surface area (Å²) in [6.07, 6.45) is 0. The zero-order valence-electron chi connectivity index (χ0n) is 13.8. The van der Waals surface area contributed by atoms with Crippen LogP contribution < -0.4 is 16.2 Å². The molecule has 3 atom stereocenters. The van der Waals surface area contributed by atoms with Gasteiger partial charge in [-0.2, -0.15) is 0 Å². The lowest BCUT2D eigenvalue weighted by Crippen LogP contribution is -2.39. The summed E-state index contributed by atoms with van der Waals surface area (Å²) >= 11 is 0. The fraction of sp³-hybridized carbons (Fsp3) is 0.333. The van der Waals surface area contributed by atoms with Gasteiger partial charge in [0, 0.05) is 12.5 Å². The van der Waals surface area contributed by atoms with Crippen molar-refractivity contribution in [2.75, 3.05) is 13.7 Å². The van der Waals surface area contributed by atoms with E-state index in [0.29, 0.717) is 5.75 Å². The Morgan fingerprint density at radius 2 is 1.67 bits per heavy atom. The van der Waals surface area contributed by atoms with Crippen LogP contribution in [0.4, 0.5) is 0 Å². The van der Waals surface area contributed by atoms with E-state index in [1.54, 1.807) is 43.5 Å². The molecule has 6 heteroatoms. The molecule has 0 aliphatic heterocycles. The van der Waals surface area contributed by atoms with Crippen LogP contribution >= 0.6 is 0 Å². The van der Waals surface area contributed by atoms with Crippen molar-refractivity contribution in [3.63, 3.8) is 0 Å². The van der Waals surface area contributed by atoms with E-state index in [0.717, 1.165) is 11.1 Å². The monoisotopic (exact) mass is 346 g/mol.